The number of nitrogens with zero attached hydrogens (tertiary/aromatic N) is 1. The number of quaternary nitrogens is 1. The predicted molar refractivity (Wildman–Crippen MR) is 250 cm³/mol. The summed E-state index contributed by atoms with van der Waals surface area (Å²) in [5, 5.41) is 0. The molecule has 0 aromatic rings. The normalized spacial score (nSPS) is 14.1. The number of carbonyl (C=O) groups excluding carboxylic acids is 1. The summed E-state index contributed by atoms with van der Waals surface area (Å²) in [5.74, 6) is -0.341. The summed E-state index contributed by atoms with van der Waals surface area (Å²) in [6.07, 6.45) is 52.7. The van der Waals surface area contributed by atoms with Crippen molar-refractivity contribution in [1.29, 1.82) is 0 Å². The molecular weight excluding hydrogens is 758 g/mol. The Morgan fingerprint density at radius 1 is 0.525 bits per heavy atom. The molecule has 0 aromatic carbocycles. The topological polar surface area (TPSA) is 94.1 Å². The molecule has 0 aliphatic carbocycles. The van der Waals surface area contributed by atoms with Crippen molar-refractivity contribution < 1.29 is 37.3 Å². The van der Waals surface area contributed by atoms with Crippen LogP contribution in [0.4, 0.5) is 0 Å². The third kappa shape index (κ3) is 47.4. The van der Waals surface area contributed by atoms with Crippen LogP contribution in [-0.2, 0) is 27.9 Å². The molecule has 0 aliphatic rings. The van der Waals surface area contributed by atoms with Gasteiger partial charge in [-0.1, -0.05) is 178 Å². The van der Waals surface area contributed by atoms with Crippen LogP contribution in [0.1, 0.15) is 206 Å². The summed E-state index contributed by atoms with van der Waals surface area (Å²) in [6, 6.07) is 0. The lowest BCUT2D eigenvalue weighted by molar-refractivity contribution is -0.870. The van der Waals surface area contributed by atoms with E-state index in [4.69, 9.17) is 18.5 Å². The van der Waals surface area contributed by atoms with E-state index in [1.54, 1.807) is 0 Å². The molecule has 0 aromatic heterocycles. The lowest BCUT2D eigenvalue weighted by Crippen LogP contribution is -2.37. The van der Waals surface area contributed by atoms with Crippen LogP contribution in [0.25, 0.3) is 0 Å². The van der Waals surface area contributed by atoms with E-state index in [-0.39, 0.29) is 25.8 Å². The van der Waals surface area contributed by atoms with E-state index >= 15 is 0 Å². The molecule has 0 bridgehead atoms. The van der Waals surface area contributed by atoms with Crippen molar-refractivity contribution in [3.63, 3.8) is 0 Å². The van der Waals surface area contributed by atoms with Crippen molar-refractivity contribution >= 4 is 13.8 Å². The van der Waals surface area contributed by atoms with Crippen LogP contribution >= 0.6 is 7.82 Å². The highest BCUT2D eigenvalue weighted by Crippen LogP contribution is 2.38. The Balaban J connectivity index is 4.11. The smallest absolute Gasteiger partial charge is 0.306 e. The molecule has 2 atom stereocenters. The summed E-state index contributed by atoms with van der Waals surface area (Å²) in [6.45, 7) is 5.36. The summed E-state index contributed by atoms with van der Waals surface area (Å²) in [5.41, 5.74) is 0. The van der Waals surface area contributed by atoms with E-state index in [2.05, 4.69) is 62.5 Å². The lowest BCUT2D eigenvalue weighted by Gasteiger charge is -2.28. The Kier molecular flexibility index (Phi) is 42.0. The largest absolute Gasteiger partial charge is 0.756 e. The van der Waals surface area contributed by atoms with E-state index in [1.165, 1.54) is 141 Å². The standard InChI is InChI=1S/C50H94NO7P/c1-6-8-10-12-14-16-18-20-21-22-23-24-25-26-27-28-29-30-31-32-33-35-37-39-41-43-50(52)58-49(48-57-59(53,54)56-46-44-51(3,4)5)47-55-45-42-40-38-36-34-19-17-15-13-11-9-7-2/h13,15,18,20,22-23,25-26,49H,6-12,14,16-17,19,21,24,27-48H2,1-5H3/b15-13-,20-18-,23-22-,26-25-. The molecule has 8 nitrogen and oxygen atoms in total. The van der Waals surface area contributed by atoms with Gasteiger partial charge >= 0.3 is 5.97 Å². The summed E-state index contributed by atoms with van der Waals surface area (Å²) in [7, 11) is 1.35. The maximum atomic E-state index is 12.7. The van der Waals surface area contributed by atoms with Gasteiger partial charge in [0, 0.05) is 13.0 Å². The Bertz CT molecular complexity index is 1080. The average molecular weight is 852 g/mol. The molecule has 0 saturated heterocycles. The van der Waals surface area contributed by atoms with Gasteiger partial charge in [0.1, 0.15) is 19.3 Å². The molecule has 0 rings (SSSR count). The first-order valence-corrected chi connectivity index (χ1v) is 25.8. The van der Waals surface area contributed by atoms with Crippen molar-refractivity contribution in [3.05, 3.63) is 48.6 Å². The van der Waals surface area contributed by atoms with Gasteiger partial charge in [-0.3, -0.25) is 9.36 Å². The molecule has 0 radical (unpaired) electrons. The first kappa shape index (κ1) is 57.5. The van der Waals surface area contributed by atoms with Gasteiger partial charge in [0.2, 0.25) is 0 Å². The number of rotatable bonds is 45. The second-order valence-corrected chi connectivity index (χ2v) is 18.9. The molecule has 0 spiro atoms. The zero-order valence-corrected chi connectivity index (χ0v) is 40.1. The third-order valence-corrected chi connectivity index (χ3v) is 11.3. The van der Waals surface area contributed by atoms with Crippen LogP contribution in [0.2, 0.25) is 0 Å². The van der Waals surface area contributed by atoms with E-state index < -0.39 is 13.9 Å². The van der Waals surface area contributed by atoms with Gasteiger partial charge < -0.3 is 27.9 Å². The summed E-state index contributed by atoms with van der Waals surface area (Å²) < 4.78 is 34.6. The van der Waals surface area contributed by atoms with E-state index in [0.29, 0.717) is 24.1 Å². The Hall–Kier alpha value is -1.54. The van der Waals surface area contributed by atoms with E-state index in [1.807, 2.05) is 21.1 Å². The van der Waals surface area contributed by atoms with Crippen molar-refractivity contribution in [3.8, 4) is 0 Å². The number of ether oxygens (including phenoxy) is 2. The van der Waals surface area contributed by atoms with E-state index in [9.17, 15) is 14.3 Å². The van der Waals surface area contributed by atoms with Crippen molar-refractivity contribution in [2.45, 2.75) is 213 Å². The summed E-state index contributed by atoms with van der Waals surface area (Å²) >= 11 is 0. The minimum atomic E-state index is -4.53. The first-order valence-electron chi connectivity index (χ1n) is 24.4. The number of phosphoric ester groups is 1. The monoisotopic (exact) mass is 852 g/mol. The highest BCUT2D eigenvalue weighted by Gasteiger charge is 2.20. The van der Waals surface area contributed by atoms with E-state index in [0.717, 1.165) is 44.9 Å². The second kappa shape index (κ2) is 43.1. The van der Waals surface area contributed by atoms with Crippen molar-refractivity contribution in [2.24, 2.45) is 0 Å². The molecule has 0 amide bonds. The van der Waals surface area contributed by atoms with Gasteiger partial charge in [-0.05, 0) is 70.6 Å². The fourth-order valence-corrected chi connectivity index (χ4v) is 7.26. The van der Waals surface area contributed by atoms with Gasteiger partial charge in [-0.2, -0.15) is 0 Å². The van der Waals surface area contributed by atoms with Crippen molar-refractivity contribution in [2.75, 3.05) is 54.1 Å². The number of unbranched alkanes of at least 4 members (excludes halogenated alkanes) is 23. The highest BCUT2D eigenvalue weighted by atomic mass is 31.2. The first-order chi connectivity index (χ1) is 28.6. The molecule has 0 heterocycles. The van der Waals surface area contributed by atoms with Crippen LogP contribution in [0.5, 0.6) is 0 Å². The molecular formula is C50H94NO7P. The zero-order chi connectivity index (χ0) is 43.4. The minimum absolute atomic E-state index is 0.0231. The van der Waals surface area contributed by atoms with Gasteiger partial charge in [-0.25, -0.2) is 0 Å². The second-order valence-electron chi connectivity index (χ2n) is 17.5. The fraction of sp³-hybridized carbons (Fsp3) is 0.820. The number of likely N-dealkylation sites (N-methyl/N-ethyl adjacent to an activating group) is 1. The molecule has 9 heteroatoms. The quantitative estimate of drug-likeness (QED) is 0.0198. The van der Waals surface area contributed by atoms with Crippen molar-refractivity contribution in [1.82, 2.24) is 0 Å². The van der Waals surface area contributed by atoms with Crippen LogP contribution in [0.15, 0.2) is 48.6 Å². The Morgan fingerprint density at radius 2 is 0.949 bits per heavy atom. The average Bonchev–Trinajstić information content (AvgIpc) is 3.19. The fourth-order valence-electron chi connectivity index (χ4n) is 6.53. The molecule has 0 aliphatic heterocycles. The molecule has 346 valence electrons. The maximum absolute atomic E-state index is 12.7. The third-order valence-electron chi connectivity index (χ3n) is 10.4. The number of carbonyl (C=O) groups is 1. The van der Waals surface area contributed by atoms with Gasteiger partial charge in [0.05, 0.1) is 34.4 Å². The molecule has 59 heavy (non-hydrogen) atoms. The number of allylic oxidation sites excluding steroid dienone is 8. The lowest BCUT2D eigenvalue weighted by atomic mass is 10.0. The zero-order valence-electron chi connectivity index (χ0n) is 39.2. The van der Waals surface area contributed by atoms with Gasteiger partial charge in [0.25, 0.3) is 7.82 Å². The Labute approximate surface area is 365 Å². The van der Waals surface area contributed by atoms with Crippen LogP contribution < -0.4 is 4.89 Å². The summed E-state index contributed by atoms with van der Waals surface area (Å²) in [4.78, 5) is 25.1. The SMILES string of the molecule is CCCC/C=C\CCCCCCCCOCC(COP(=O)([O-])OCC[N+](C)(C)C)OC(=O)CCCCCCCCCCCC/C=C\C/C=C\C/C=C\CCCCCCC. The van der Waals surface area contributed by atoms with Crippen LogP contribution in [-0.4, -0.2) is 70.7 Å². The molecule has 0 saturated carbocycles. The highest BCUT2D eigenvalue weighted by molar-refractivity contribution is 7.45. The molecule has 0 N–H and O–H groups in total. The number of phosphoric acid groups is 1. The minimum Gasteiger partial charge on any atom is -0.756 e. The molecule has 2 unspecified atom stereocenters. The van der Waals surface area contributed by atoms with Crippen LogP contribution in [0, 0.1) is 0 Å². The number of hydrogen-bond donors (Lipinski definition) is 0. The van der Waals surface area contributed by atoms with Gasteiger partial charge in [0.15, 0.2) is 0 Å². The predicted octanol–water partition coefficient (Wildman–Crippen LogP) is 14.1. The number of hydrogen-bond acceptors (Lipinski definition) is 7. The molecule has 0 fully saturated rings. The number of esters is 1. The van der Waals surface area contributed by atoms with Gasteiger partial charge in [-0.15, -0.1) is 0 Å². The maximum Gasteiger partial charge on any atom is 0.306 e. The van der Waals surface area contributed by atoms with Crippen LogP contribution in [0.3, 0.4) is 0 Å². The Morgan fingerprint density at radius 3 is 1.46 bits per heavy atom.